The van der Waals surface area contributed by atoms with Gasteiger partial charge in [-0.05, 0) is 25.5 Å². The molecule has 3 heterocycles. The van der Waals surface area contributed by atoms with Crippen molar-refractivity contribution >= 4 is 28.8 Å². The molecule has 172 valence electrons. The van der Waals surface area contributed by atoms with E-state index in [0.717, 1.165) is 28.4 Å². The summed E-state index contributed by atoms with van der Waals surface area (Å²) in [5.41, 5.74) is -0.496. The summed E-state index contributed by atoms with van der Waals surface area (Å²) >= 11 is 1.60. The Morgan fingerprint density at radius 2 is 1.97 bits per heavy atom. The number of fused-ring (bicyclic) bond motifs is 1. The highest BCUT2D eigenvalue weighted by Crippen LogP contribution is 2.33. The number of aromatic nitrogens is 7. The fraction of sp³-hybridized carbons (Fsp3) is 0.600. The first-order valence-electron chi connectivity index (χ1n) is 10.8. The van der Waals surface area contributed by atoms with Crippen LogP contribution >= 0.6 is 11.8 Å². The SMILES string of the molecule is CSc1nnc(CCCNC(=O)Cn2c(=O)c3c(ncn3C)n(C)c2=O)n1C1CCCC1. The molecular weight excluding hydrogens is 432 g/mol. The number of rotatable bonds is 8. The standard InChI is InChI=1S/C20H28N8O3S/c1-25-12-22-17-16(25)18(30)27(20(31)26(17)2)11-15(29)21-10-6-9-14-23-24-19(32-3)28(14)13-7-4-5-8-13/h12-13H,4-11H2,1-3H3,(H,21,29). The van der Waals surface area contributed by atoms with Gasteiger partial charge in [0.1, 0.15) is 12.4 Å². The van der Waals surface area contributed by atoms with E-state index in [0.29, 0.717) is 31.1 Å². The van der Waals surface area contributed by atoms with Gasteiger partial charge in [0.25, 0.3) is 5.56 Å². The topological polar surface area (TPSA) is 122 Å². The van der Waals surface area contributed by atoms with Gasteiger partial charge in [0.2, 0.25) is 5.91 Å². The van der Waals surface area contributed by atoms with E-state index >= 15 is 0 Å². The molecule has 3 aromatic rings. The molecule has 3 aromatic heterocycles. The van der Waals surface area contributed by atoms with Crippen molar-refractivity contribution in [3.8, 4) is 0 Å². The highest BCUT2D eigenvalue weighted by molar-refractivity contribution is 7.98. The number of hydrogen-bond acceptors (Lipinski definition) is 7. The first-order valence-corrected chi connectivity index (χ1v) is 12.0. The minimum absolute atomic E-state index is 0.288. The van der Waals surface area contributed by atoms with Crippen molar-refractivity contribution in [2.45, 2.75) is 56.3 Å². The highest BCUT2D eigenvalue weighted by atomic mass is 32.2. The number of aryl methyl sites for hydroxylation is 3. The summed E-state index contributed by atoms with van der Waals surface area (Å²) in [7, 11) is 3.22. The summed E-state index contributed by atoms with van der Waals surface area (Å²) in [5.74, 6) is 0.565. The molecule has 1 amide bonds. The van der Waals surface area contributed by atoms with Gasteiger partial charge in [-0.3, -0.25) is 14.2 Å². The van der Waals surface area contributed by atoms with Gasteiger partial charge in [0.05, 0.1) is 6.33 Å². The number of carbonyl (C=O) groups excluding carboxylic acids is 1. The second-order valence-electron chi connectivity index (χ2n) is 8.13. The monoisotopic (exact) mass is 460 g/mol. The van der Waals surface area contributed by atoms with Crippen molar-refractivity contribution in [1.29, 1.82) is 0 Å². The van der Waals surface area contributed by atoms with Crippen molar-refractivity contribution < 1.29 is 4.79 Å². The Morgan fingerprint density at radius 3 is 2.69 bits per heavy atom. The zero-order valence-corrected chi connectivity index (χ0v) is 19.4. The highest BCUT2D eigenvalue weighted by Gasteiger charge is 2.23. The molecule has 0 aliphatic heterocycles. The maximum absolute atomic E-state index is 12.7. The Kier molecular flexibility index (Phi) is 6.49. The van der Waals surface area contributed by atoms with E-state index in [-0.39, 0.29) is 18.0 Å². The molecular formula is C20H28N8O3S. The van der Waals surface area contributed by atoms with Gasteiger partial charge < -0.3 is 14.5 Å². The van der Waals surface area contributed by atoms with Crippen LogP contribution in [0, 0.1) is 0 Å². The molecule has 1 fully saturated rings. The smallest absolute Gasteiger partial charge is 0.332 e. The normalized spacial score (nSPS) is 14.5. The summed E-state index contributed by atoms with van der Waals surface area (Å²) in [6.45, 7) is 0.0927. The van der Waals surface area contributed by atoms with Crippen LogP contribution in [0.3, 0.4) is 0 Å². The number of nitrogens with zero attached hydrogens (tertiary/aromatic N) is 7. The second kappa shape index (κ2) is 9.31. The van der Waals surface area contributed by atoms with E-state index in [2.05, 4.69) is 25.1 Å². The zero-order chi connectivity index (χ0) is 22.8. The average molecular weight is 461 g/mol. The van der Waals surface area contributed by atoms with Crippen LogP contribution in [0.15, 0.2) is 21.1 Å². The molecule has 4 rings (SSSR count). The van der Waals surface area contributed by atoms with Crippen LogP contribution in [0.5, 0.6) is 0 Å². The van der Waals surface area contributed by atoms with E-state index in [9.17, 15) is 14.4 Å². The summed E-state index contributed by atoms with van der Waals surface area (Å²) in [6.07, 6.45) is 9.65. The second-order valence-corrected chi connectivity index (χ2v) is 8.90. The molecule has 0 unspecified atom stereocenters. The van der Waals surface area contributed by atoms with E-state index < -0.39 is 11.2 Å². The summed E-state index contributed by atoms with van der Waals surface area (Å²) < 4.78 is 6.03. The minimum atomic E-state index is -0.564. The number of thioether (sulfide) groups is 1. The Hall–Kier alpha value is -2.89. The third kappa shape index (κ3) is 4.10. The number of carbonyl (C=O) groups is 1. The first-order chi connectivity index (χ1) is 15.4. The Labute approximate surface area is 188 Å². The predicted octanol–water partition coefficient (Wildman–Crippen LogP) is 0.611. The van der Waals surface area contributed by atoms with E-state index in [1.54, 1.807) is 23.4 Å². The number of nitrogens with one attached hydrogen (secondary N) is 1. The Balaban J connectivity index is 1.38. The molecule has 0 radical (unpaired) electrons. The van der Waals surface area contributed by atoms with Crippen LogP contribution in [0.1, 0.15) is 44.0 Å². The first kappa shape index (κ1) is 22.3. The van der Waals surface area contributed by atoms with Crippen LogP contribution in [-0.2, 0) is 31.9 Å². The van der Waals surface area contributed by atoms with Gasteiger partial charge in [-0.25, -0.2) is 14.3 Å². The summed E-state index contributed by atoms with van der Waals surface area (Å²) in [4.78, 5) is 41.8. The lowest BCUT2D eigenvalue weighted by Gasteiger charge is -2.16. The molecule has 12 heteroatoms. The molecule has 1 aliphatic rings. The van der Waals surface area contributed by atoms with E-state index in [1.807, 2.05) is 6.26 Å². The zero-order valence-electron chi connectivity index (χ0n) is 18.6. The number of hydrogen-bond donors (Lipinski definition) is 1. The lowest BCUT2D eigenvalue weighted by atomic mass is 10.2. The van der Waals surface area contributed by atoms with Crippen LogP contribution in [-0.4, -0.2) is 52.2 Å². The van der Waals surface area contributed by atoms with Crippen LogP contribution in [0.4, 0.5) is 0 Å². The third-order valence-electron chi connectivity index (χ3n) is 6.01. The van der Waals surface area contributed by atoms with Gasteiger partial charge in [-0.15, -0.1) is 10.2 Å². The van der Waals surface area contributed by atoms with Gasteiger partial charge in [0, 0.05) is 33.1 Å². The lowest BCUT2D eigenvalue weighted by Crippen LogP contribution is -2.43. The number of imidazole rings is 1. The molecule has 0 atom stereocenters. The largest absolute Gasteiger partial charge is 0.355 e. The van der Waals surface area contributed by atoms with Crippen LogP contribution in [0.2, 0.25) is 0 Å². The van der Waals surface area contributed by atoms with E-state index in [4.69, 9.17) is 0 Å². The maximum atomic E-state index is 12.7. The fourth-order valence-electron chi connectivity index (χ4n) is 4.36. The Bertz CT molecular complexity index is 1250. The molecule has 1 N–H and O–H groups in total. The van der Waals surface area contributed by atoms with Gasteiger partial charge in [0.15, 0.2) is 16.3 Å². The van der Waals surface area contributed by atoms with Crippen molar-refractivity contribution in [2.75, 3.05) is 12.8 Å². The molecule has 0 bridgehead atoms. The van der Waals surface area contributed by atoms with Crippen LogP contribution in [0.25, 0.3) is 11.2 Å². The van der Waals surface area contributed by atoms with Crippen molar-refractivity contribution in [1.82, 2.24) is 38.8 Å². The molecule has 1 saturated carbocycles. The maximum Gasteiger partial charge on any atom is 0.332 e. The van der Waals surface area contributed by atoms with E-state index in [1.165, 1.54) is 30.8 Å². The molecule has 32 heavy (non-hydrogen) atoms. The minimum Gasteiger partial charge on any atom is -0.355 e. The van der Waals surface area contributed by atoms with Gasteiger partial charge in [-0.2, -0.15) is 0 Å². The fourth-order valence-corrected chi connectivity index (χ4v) is 4.93. The molecule has 11 nitrogen and oxygen atoms in total. The molecule has 0 spiro atoms. The van der Waals surface area contributed by atoms with Gasteiger partial charge >= 0.3 is 5.69 Å². The molecule has 1 aliphatic carbocycles. The summed E-state index contributed by atoms with van der Waals surface area (Å²) in [5, 5.41) is 12.4. The van der Waals surface area contributed by atoms with Crippen molar-refractivity contribution in [2.24, 2.45) is 14.1 Å². The van der Waals surface area contributed by atoms with Crippen LogP contribution < -0.4 is 16.6 Å². The van der Waals surface area contributed by atoms with Crippen molar-refractivity contribution in [3.05, 3.63) is 33.0 Å². The molecule has 0 aromatic carbocycles. The quantitative estimate of drug-likeness (QED) is 0.386. The van der Waals surface area contributed by atoms with Gasteiger partial charge in [-0.1, -0.05) is 24.6 Å². The third-order valence-corrected chi connectivity index (χ3v) is 6.65. The molecule has 0 saturated heterocycles. The Morgan fingerprint density at radius 1 is 1.22 bits per heavy atom. The van der Waals surface area contributed by atoms with Crippen molar-refractivity contribution in [3.63, 3.8) is 0 Å². The average Bonchev–Trinajstić information content (AvgIpc) is 3.52. The summed E-state index contributed by atoms with van der Waals surface area (Å²) in [6, 6.07) is 0.460. The predicted molar refractivity (Wildman–Crippen MR) is 121 cm³/mol. The number of amides is 1. The lowest BCUT2D eigenvalue weighted by molar-refractivity contribution is -0.121.